The van der Waals surface area contributed by atoms with Gasteiger partial charge < -0.3 is 60.0 Å². The van der Waals surface area contributed by atoms with Crippen LogP contribution in [0.2, 0.25) is 0 Å². The Morgan fingerprint density at radius 1 is 0.612 bits per heavy atom. The highest BCUT2D eigenvalue weighted by Gasteiger charge is 2.53. The Morgan fingerprint density at radius 2 is 1.21 bits per heavy atom. The van der Waals surface area contributed by atoms with E-state index < -0.39 is 205 Å². The Labute approximate surface area is 609 Å². The summed E-state index contributed by atoms with van der Waals surface area (Å²) in [5.41, 5.74) is -1.69. The fraction of sp³-hybridized carbons (Fsp3) is 0.833. The molecule has 7 fully saturated rings. The lowest BCUT2D eigenvalue weighted by molar-refractivity contribution is -0.182. The van der Waals surface area contributed by atoms with E-state index in [0.717, 1.165) is 63.0 Å². The number of alkyl halides is 6. The number of nitrogens with zero attached hydrogens (tertiary/aromatic N) is 10. The number of amides is 12. The van der Waals surface area contributed by atoms with E-state index in [2.05, 4.69) is 16.0 Å². The van der Waals surface area contributed by atoms with Crippen LogP contribution in [0.1, 0.15) is 182 Å². The standard InChI is InChI=1S/C72H115ClF5N13O12/c1-13-45(4)60-67(101)84(8)42-58(94)82(6)43-59(95)86(10)54(37-47-22-16-14-17-23-47)65(99)83(7)41-56(92)79-52(27-25-48-24-26-50(51(73)36-48)72(76,77)78)64(98)91-40-49(89-34-30-71(74,75)31-35-89)38-53(91)63(97)81-70(28-18-19-29-70)69(103)88(12)61(44(2)3)68(102)87(11)55(66(100)90-32-20-15-21-33-90)39-57(93)85(9)46(5)62(96)80-60/h44-55,60-61H,13-43H2,1-12H3,(H,79,92)(H,80,96)(H,81,97)/t45-,46-,48?,49-,50?,51?,52-,53-,54-,55-,60-,61-/m0/s1. The molecule has 3 saturated carbocycles. The number of hydrogen-bond acceptors (Lipinski definition) is 13. The van der Waals surface area contributed by atoms with Gasteiger partial charge in [-0.05, 0) is 108 Å². The number of piperidine rings is 2. The molecule has 4 aliphatic heterocycles. The van der Waals surface area contributed by atoms with Crippen LogP contribution in [0.4, 0.5) is 22.0 Å². The highest BCUT2D eigenvalue weighted by Crippen LogP contribution is 2.44. The van der Waals surface area contributed by atoms with E-state index in [1.165, 1.54) is 71.0 Å². The van der Waals surface area contributed by atoms with E-state index in [9.17, 15) is 60.3 Å². The number of rotatable bonds is 10. The van der Waals surface area contributed by atoms with Crippen LogP contribution < -0.4 is 16.0 Å². The summed E-state index contributed by atoms with van der Waals surface area (Å²) in [4.78, 5) is 191. The molecule has 12 atom stereocenters. The van der Waals surface area contributed by atoms with Crippen molar-refractivity contribution in [3.8, 4) is 0 Å². The van der Waals surface area contributed by atoms with Gasteiger partial charge in [-0.15, -0.1) is 11.6 Å². The molecule has 582 valence electrons. The third kappa shape index (κ3) is 21.0. The van der Waals surface area contributed by atoms with Crippen LogP contribution >= 0.6 is 11.6 Å². The summed E-state index contributed by atoms with van der Waals surface area (Å²) in [6.45, 7) is 6.89. The average Bonchev–Trinajstić information content (AvgIpc) is 1.69. The van der Waals surface area contributed by atoms with Crippen molar-refractivity contribution in [2.75, 3.05) is 102 Å². The predicted octanol–water partition coefficient (Wildman–Crippen LogP) is 5.24. The fourth-order valence-corrected chi connectivity index (χ4v) is 16.9. The minimum atomic E-state index is -4.56. The van der Waals surface area contributed by atoms with Crippen LogP contribution in [-0.4, -0.2) is 293 Å². The van der Waals surface area contributed by atoms with Crippen LogP contribution in [-0.2, 0) is 57.5 Å². The summed E-state index contributed by atoms with van der Waals surface area (Å²) in [5, 5.41) is 7.33. The fourth-order valence-electron chi connectivity index (χ4n) is 16.4. The molecule has 0 radical (unpaired) electrons. The van der Waals surface area contributed by atoms with Gasteiger partial charge in [-0.2, -0.15) is 13.2 Å². The van der Waals surface area contributed by atoms with Gasteiger partial charge in [-0.25, -0.2) is 8.78 Å². The van der Waals surface area contributed by atoms with E-state index in [-0.39, 0.29) is 83.3 Å². The van der Waals surface area contributed by atoms with Crippen LogP contribution in [0.15, 0.2) is 0 Å². The third-order valence-electron chi connectivity index (χ3n) is 23.6. The largest absolute Gasteiger partial charge is 0.393 e. The van der Waals surface area contributed by atoms with Gasteiger partial charge in [0.25, 0.3) is 5.92 Å². The van der Waals surface area contributed by atoms with Gasteiger partial charge in [-0.1, -0.05) is 79.1 Å². The number of carbonyl (C=O) groups is 12. The minimum Gasteiger partial charge on any atom is -0.343 e. The smallest absolute Gasteiger partial charge is 0.343 e. The Balaban J connectivity index is 1.29. The first kappa shape index (κ1) is 83.8. The second-order valence-electron chi connectivity index (χ2n) is 31.2. The minimum absolute atomic E-state index is 0.0115. The Hall–Kier alpha value is -6.46. The Kier molecular flexibility index (Phi) is 29.5. The molecular weight excluding hydrogens is 1370 g/mol. The SMILES string of the molecule is CC[C@H](C)[C@@H]1NC(=O)[C@H](C)N(C)C(=O)C[C@@H](C(=O)N2CCCCC2)N(C)C(=O)[C@H](C(C)C)N(C)C(=O)C2(CCCC2)NC(=O)[C@@H]2C[C@H](N3CCC(F)(F)CC3)CN2C(=O)[C@H](CCC2CCC(C(F)(F)F)C(Cl)C2)NC(=O)CN(C)C(=O)[C@H](CC2CCCCC2)N(C)C(=O)CN(C)C(=O)CN(C)C1=O. The van der Waals surface area contributed by atoms with Gasteiger partial charge in [-0.3, -0.25) is 62.4 Å². The van der Waals surface area contributed by atoms with Crippen molar-refractivity contribution in [3.63, 3.8) is 0 Å². The number of fused-ring (bicyclic) bond motifs is 1. The number of halogens is 6. The molecular formula is C72H115ClF5N13O12. The topological polar surface area (TPSA) is 273 Å². The molecule has 3 aliphatic carbocycles. The Morgan fingerprint density at radius 3 is 1.81 bits per heavy atom. The number of nitrogens with one attached hydrogen (secondary N) is 3. The maximum Gasteiger partial charge on any atom is 0.393 e. The van der Waals surface area contributed by atoms with E-state index >= 15 is 19.2 Å². The number of hydrogen-bond donors (Lipinski definition) is 3. The van der Waals surface area contributed by atoms with Crippen LogP contribution in [0, 0.1) is 29.6 Å². The number of likely N-dealkylation sites (tertiary alicyclic amines) is 2. The molecule has 7 rings (SSSR count). The average molecular weight is 1490 g/mol. The summed E-state index contributed by atoms with van der Waals surface area (Å²) in [5.74, 6) is -14.8. The zero-order valence-corrected chi connectivity index (χ0v) is 63.4. The zero-order chi connectivity index (χ0) is 76.3. The van der Waals surface area contributed by atoms with Gasteiger partial charge in [0.05, 0.1) is 32.0 Å². The molecule has 4 heterocycles. The van der Waals surface area contributed by atoms with Gasteiger partial charge in [0.1, 0.15) is 47.8 Å². The quantitative estimate of drug-likeness (QED) is 0.187. The van der Waals surface area contributed by atoms with Gasteiger partial charge in [0, 0.05) is 106 Å². The second-order valence-corrected chi connectivity index (χ2v) is 31.8. The normalized spacial score (nSPS) is 30.8. The zero-order valence-electron chi connectivity index (χ0n) is 62.6. The first-order valence-corrected chi connectivity index (χ1v) is 37.9. The van der Waals surface area contributed by atoms with E-state index in [1.807, 2.05) is 0 Å². The number of carbonyl (C=O) groups excluding carboxylic acids is 12. The molecule has 3 N–H and O–H groups in total. The van der Waals surface area contributed by atoms with E-state index in [4.69, 9.17) is 11.6 Å². The first-order valence-electron chi connectivity index (χ1n) is 37.4. The summed E-state index contributed by atoms with van der Waals surface area (Å²) >= 11 is 6.43. The highest BCUT2D eigenvalue weighted by atomic mass is 35.5. The monoisotopic (exact) mass is 1480 g/mol. The third-order valence-corrected chi connectivity index (χ3v) is 24.0. The predicted molar refractivity (Wildman–Crippen MR) is 374 cm³/mol. The van der Waals surface area contributed by atoms with Crippen molar-refractivity contribution in [2.24, 2.45) is 29.6 Å². The summed E-state index contributed by atoms with van der Waals surface area (Å²) in [6, 6.07) is -10.00. The van der Waals surface area contributed by atoms with Crippen LogP contribution in [0.25, 0.3) is 0 Å². The molecule has 0 aromatic rings. The summed E-state index contributed by atoms with van der Waals surface area (Å²) < 4.78 is 72.0. The molecule has 1 spiro atoms. The molecule has 0 bridgehead atoms. The summed E-state index contributed by atoms with van der Waals surface area (Å²) in [7, 11) is 9.63. The van der Waals surface area contributed by atoms with Crippen molar-refractivity contribution in [1.29, 1.82) is 0 Å². The lowest BCUT2D eigenvalue weighted by Gasteiger charge is -2.41. The highest BCUT2D eigenvalue weighted by molar-refractivity contribution is 6.21. The molecule has 0 aromatic carbocycles. The molecule has 7 aliphatic rings. The molecule has 3 unspecified atom stereocenters. The first-order chi connectivity index (χ1) is 48.3. The molecule has 25 nitrogen and oxygen atoms in total. The lowest BCUT2D eigenvalue weighted by Crippen LogP contribution is -2.65. The van der Waals surface area contributed by atoms with E-state index in [0.29, 0.717) is 45.2 Å². The molecule has 12 amide bonds. The number of likely N-dealkylation sites (N-methyl/N-ethyl adjacent to an activating group) is 7. The van der Waals surface area contributed by atoms with Gasteiger partial charge in [0.2, 0.25) is 70.9 Å². The van der Waals surface area contributed by atoms with Gasteiger partial charge in [0.15, 0.2) is 0 Å². The van der Waals surface area contributed by atoms with Crippen molar-refractivity contribution in [3.05, 3.63) is 0 Å². The maximum absolute atomic E-state index is 15.7. The summed E-state index contributed by atoms with van der Waals surface area (Å²) in [6.07, 6.45) is 1.35. The van der Waals surface area contributed by atoms with Crippen molar-refractivity contribution < 1.29 is 79.5 Å². The van der Waals surface area contributed by atoms with Crippen molar-refractivity contribution >= 4 is 82.5 Å². The Bertz CT molecular complexity index is 3030. The molecule has 4 saturated heterocycles. The lowest BCUT2D eigenvalue weighted by atomic mass is 9.78. The van der Waals surface area contributed by atoms with E-state index in [1.54, 1.807) is 37.5 Å². The van der Waals surface area contributed by atoms with Crippen LogP contribution in [0.5, 0.6) is 0 Å². The van der Waals surface area contributed by atoms with Crippen molar-refractivity contribution in [2.45, 2.75) is 254 Å². The van der Waals surface area contributed by atoms with Crippen molar-refractivity contribution in [1.82, 2.24) is 64.9 Å². The van der Waals surface area contributed by atoms with Crippen LogP contribution in [0.3, 0.4) is 0 Å². The molecule has 31 heteroatoms. The molecule has 103 heavy (non-hydrogen) atoms. The molecule has 0 aromatic heterocycles. The maximum atomic E-state index is 15.7. The van der Waals surface area contributed by atoms with Gasteiger partial charge >= 0.3 is 6.18 Å². The second kappa shape index (κ2) is 36.2.